The van der Waals surface area contributed by atoms with Crippen LogP contribution in [0.4, 0.5) is 10.1 Å². The van der Waals surface area contributed by atoms with Gasteiger partial charge in [0.25, 0.3) is 0 Å². The standard InChI is InChI=1S/C17H19FN2O2/c1-3-10-22-17-11-13(4-9-16(17)21-2)12-19-20-15-7-5-14(18)6-8-15/h4-9,11-12,20H,3,10H2,1-2H3/b19-12+. The van der Waals surface area contributed by atoms with Crippen LogP contribution in [0.25, 0.3) is 0 Å². The molecule has 0 saturated heterocycles. The number of hydrazone groups is 1. The molecular weight excluding hydrogens is 283 g/mol. The van der Waals surface area contributed by atoms with Crippen molar-refractivity contribution in [3.8, 4) is 11.5 Å². The monoisotopic (exact) mass is 302 g/mol. The summed E-state index contributed by atoms with van der Waals surface area (Å²) < 4.78 is 23.7. The average molecular weight is 302 g/mol. The summed E-state index contributed by atoms with van der Waals surface area (Å²) in [6.07, 6.45) is 2.59. The maximum absolute atomic E-state index is 12.8. The van der Waals surface area contributed by atoms with Crippen molar-refractivity contribution in [2.45, 2.75) is 13.3 Å². The van der Waals surface area contributed by atoms with Crippen molar-refractivity contribution in [3.63, 3.8) is 0 Å². The largest absolute Gasteiger partial charge is 0.493 e. The molecule has 0 fully saturated rings. The number of nitrogens with zero attached hydrogens (tertiary/aromatic N) is 1. The van der Waals surface area contributed by atoms with E-state index >= 15 is 0 Å². The highest BCUT2D eigenvalue weighted by Gasteiger charge is 2.04. The average Bonchev–Trinajstić information content (AvgIpc) is 2.55. The lowest BCUT2D eigenvalue weighted by Gasteiger charge is -2.10. The van der Waals surface area contributed by atoms with Gasteiger partial charge in [-0.2, -0.15) is 5.10 Å². The third-order valence-corrected chi connectivity index (χ3v) is 2.90. The molecule has 5 heteroatoms. The molecule has 2 aromatic rings. The summed E-state index contributed by atoms with van der Waals surface area (Å²) >= 11 is 0. The minimum absolute atomic E-state index is 0.276. The van der Waals surface area contributed by atoms with Gasteiger partial charge in [-0.05, 0) is 54.4 Å². The Kier molecular flexibility index (Phi) is 5.77. The third kappa shape index (κ3) is 4.48. The fourth-order valence-corrected chi connectivity index (χ4v) is 1.80. The van der Waals surface area contributed by atoms with E-state index in [2.05, 4.69) is 10.5 Å². The number of halogens is 1. The molecule has 1 N–H and O–H groups in total. The van der Waals surface area contributed by atoms with Crippen molar-refractivity contribution in [1.29, 1.82) is 0 Å². The zero-order valence-corrected chi connectivity index (χ0v) is 12.7. The predicted octanol–water partition coefficient (Wildman–Crippen LogP) is 4.07. The molecular formula is C17H19FN2O2. The van der Waals surface area contributed by atoms with Crippen molar-refractivity contribution in [2.24, 2.45) is 5.10 Å². The Balaban J connectivity index is 2.05. The van der Waals surface area contributed by atoms with Gasteiger partial charge >= 0.3 is 0 Å². The Labute approximate surface area is 129 Å². The summed E-state index contributed by atoms with van der Waals surface area (Å²) in [5.41, 5.74) is 4.44. The first-order valence-electron chi connectivity index (χ1n) is 7.08. The second-order valence-corrected chi connectivity index (χ2v) is 4.64. The van der Waals surface area contributed by atoms with Crippen molar-refractivity contribution in [1.82, 2.24) is 0 Å². The van der Waals surface area contributed by atoms with Gasteiger partial charge in [-0.25, -0.2) is 4.39 Å². The van der Waals surface area contributed by atoms with Gasteiger partial charge in [-0.15, -0.1) is 0 Å². The number of nitrogens with one attached hydrogen (secondary N) is 1. The summed E-state index contributed by atoms with van der Waals surface area (Å²) in [4.78, 5) is 0. The third-order valence-electron chi connectivity index (χ3n) is 2.90. The quantitative estimate of drug-likeness (QED) is 0.619. The van der Waals surface area contributed by atoms with Crippen LogP contribution < -0.4 is 14.9 Å². The fourth-order valence-electron chi connectivity index (χ4n) is 1.80. The van der Waals surface area contributed by atoms with Crippen LogP contribution in [0.15, 0.2) is 47.6 Å². The van der Waals surface area contributed by atoms with Crippen LogP contribution >= 0.6 is 0 Å². The number of anilines is 1. The maximum atomic E-state index is 12.8. The molecule has 0 atom stereocenters. The maximum Gasteiger partial charge on any atom is 0.161 e. The van der Waals surface area contributed by atoms with E-state index in [1.165, 1.54) is 12.1 Å². The number of ether oxygens (including phenoxy) is 2. The number of methoxy groups -OCH3 is 1. The number of rotatable bonds is 7. The second-order valence-electron chi connectivity index (χ2n) is 4.64. The summed E-state index contributed by atoms with van der Waals surface area (Å²) in [6.45, 7) is 2.68. The zero-order chi connectivity index (χ0) is 15.8. The molecule has 0 aromatic heterocycles. The topological polar surface area (TPSA) is 42.8 Å². The van der Waals surface area contributed by atoms with Crippen LogP contribution in [-0.4, -0.2) is 19.9 Å². The molecule has 0 unspecified atom stereocenters. The van der Waals surface area contributed by atoms with E-state index in [0.717, 1.165) is 12.0 Å². The molecule has 116 valence electrons. The van der Waals surface area contributed by atoms with E-state index in [4.69, 9.17) is 9.47 Å². The molecule has 0 spiro atoms. The smallest absolute Gasteiger partial charge is 0.161 e. The van der Waals surface area contributed by atoms with E-state index in [-0.39, 0.29) is 5.82 Å². The molecule has 22 heavy (non-hydrogen) atoms. The van der Waals surface area contributed by atoms with Gasteiger partial charge in [0.2, 0.25) is 0 Å². The van der Waals surface area contributed by atoms with E-state index < -0.39 is 0 Å². The van der Waals surface area contributed by atoms with Gasteiger partial charge in [0.1, 0.15) is 5.82 Å². The van der Waals surface area contributed by atoms with E-state index in [1.807, 2.05) is 25.1 Å². The van der Waals surface area contributed by atoms with E-state index in [0.29, 0.717) is 23.8 Å². The van der Waals surface area contributed by atoms with E-state index in [9.17, 15) is 4.39 Å². The van der Waals surface area contributed by atoms with Crippen molar-refractivity contribution < 1.29 is 13.9 Å². The molecule has 0 amide bonds. The van der Waals surface area contributed by atoms with Gasteiger partial charge in [0.05, 0.1) is 25.6 Å². The SMILES string of the molecule is CCCOc1cc(/C=N/Nc2ccc(F)cc2)ccc1OC. The van der Waals surface area contributed by atoms with Crippen LogP contribution in [0.3, 0.4) is 0 Å². The van der Waals surface area contributed by atoms with Gasteiger partial charge in [0, 0.05) is 0 Å². The first-order valence-corrected chi connectivity index (χ1v) is 7.08. The van der Waals surface area contributed by atoms with Crippen molar-refractivity contribution >= 4 is 11.9 Å². The minimum Gasteiger partial charge on any atom is -0.493 e. The lowest BCUT2D eigenvalue weighted by Crippen LogP contribution is -1.99. The minimum atomic E-state index is -0.276. The normalized spacial score (nSPS) is 10.7. The van der Waals surface area contributed by atoms with Crippen molar-refractivity contribution in [3.05, 3.63) is 53.8 Å². The molecule has 0 saturated carbocycles. The fraction of sp³-hybridized carbons (Fsp3) is 0.235. The molecule has 0 aliphatic carbocycles. The zero-order valence-electron chi connectivity index (χ0n) is 12.7. The van der Waals surface area contributed by atoms with Gasteiger partial charge in [-0.3, -0.25) is 5.43 Å². The highest BCUT2D eigenvalue weighted by atomic mass is 19.1. The Morgan fingerprint density at radius 1 is 1.14 bits per heavy atom. The van der Waals surface area contributed by atoms with Gasteiger partial charge in [0.15, 0.2) is 11.5 Å². The van der Waals surface area contributed by atoms with Gasteiger partial charge < -0.3 is 9.47 Å². The molecule has 4 nitrogen and oxygen atoms in total. The number of hydrogen-bond donors (Lipinski definition) is 1. The molecule has 0 bridgehead atoms. The first-order chi connectivity index (χ1) is 10.7. The van der Waals surface area contributed by atoms with Crippen LogP contribution in [-0.2, 0) is 0 Å². The Morgan fingerprint density at radius 3 is 2.59 bits per heavy atom. The Morgan fingerprint density at radius 2 is 1.91 bits per heavy atom. The molecule has 0 heterocycles. The number of benzene rings is 2. The van der Waals surface area contributed by atoms with Crippen LogP contribution in [0, 0.1) is 5.82 Å². The number of hydrogen-bond acceptors (Lipinski definition) is 4. The highest BCUT2D eigenvalue weighted by molar-refractivity contribution is 5.81. The van der Waals surface area contributed by atoms with Gasteiger partial charge in [-0.1, -0.05) is 6.92 Å². The molecule has 2 aromatic carbocycles. The highest BCUT2D eigenvalue weighted by Crippen LogP contribution is 2.27. The Bertz CT molecular complexity index is 627. The molecule has 0 radical (unpaired) electrons. The summed E-state index contributed by atoms with van der Waals surface area (Å²) in [7, 11) is 1.61. The predicted molar refractivity (Wildman–Crippen MR) is 86.4 cm³/mol. The summed E-state index contributed by atoms with van der Waals surface area (Å²) in [5, 5.41) is 4.12. The lowest BCUT2D eigenvalue weighted by atomic mass is 10.2. The van der Waals surface area contributed by atoms with Crippen LogP contribution in [0.2, 0.25) is 0 Å². The lowest BCUT2D eigenvalue weighted by molar-refractivity contribution is 0.294. The summed E-state index contributed by atoms with van der Waals surface area (Å²) in [6, 6.07) is 11.6. The van der Waals surface area contributed by atoms with Crippen LogP contribution in [0.5, 0.6) is 11.5 Å². The van der Waals surface area contributed by atoms with Crippen LogP contribution in [0.1, 0.15) is 18.9 Å². The molecule has 2 rings (SSSR count). The Hall–Kier alpha value is -2.56. The van der Waals surface area contributed by atoms with E-state index in [1.54, 1.807) is 25.5 Å². The summed E-state index contributed by atoms with van der Waals surface area (Å²) in [5.74, 6) is 1.11. The first kappa shape index (κ1) is 15.8. The molecule has 0 aliphatic rings. The molecule has 0 aliphatic heterocycles. The van der Waals surface area contributed by atoms with Crippen molar-refractivity contribution in [2.75, 3.05) is 19.1 Å². The second kappa shape index (κ2) is 8.02.